The summed E-state index contributed by atoms with van der Waals surface area (Å²) in [6, 6.07) is 3.73. The Hall–Kier alpha value is -2.31. The molecule has 1 saturated heterocycles. The molecule has 174 valence electrons. The molecule has 0 spiro atoms. The van der Waals surface area contributed by atoms with Crippen molar-refractivity contribution in [2.45, 2.75) is 97.8 Å². The Morgan fingerprint density at radius 1 is 1.10 bits per heavy atom. The van der Waals surface area contributed by atoms with Crippen LogP contribution >= 0.6 is 0 Å². The number of carbonyl (C=O) groups is 2. The minimum Gasteiger partial charge on any atom is -0.444 e. The second kappa shape index (κ2) is 10.3. The van der Waals surface area contributed by atoms with Crippen molar-refractivity contribution >= 4 is 18.0 Å². The van der Waals surface area contributed by atoms with E-state index in [4.69, 9.17) is 9.47 Å². The topological polar surface area (TPSA) is 72.0 Å². The number of carbonyl (C=O) groups excluding carboxylic acids is 2. The van der Waals surface area contributed by atoms with Crippen molar-refractivity contribution in [3.05, 3.63) is 23.9 Å². The van der Waals surface area contributed by atoms with Crippen molar-refractivity contribution in [1.29, 1.82) is 0 Å². The van der Waals surface area contributed by atoms with Gasteiger partial charge in [-0.05, 0) is 78.9 Å². The van der Waals surface area contributed by atoms with E-state index in [9.17, 15) is 9.59 Å². The van der Waals surface area contributed by atoms with Crippen LogP contribution in [0.25, 0.3) is 0 Å². The summed E-state index contributed by atoms with van der Waals surface area (Å²) < 4.78 is 11.2. The van der Waals surface area contributed by atoms with Crippen LogP contribution in [-0.2, 0) is 9.47 Å². The van der Waals surface area contributed by atoms with Crippen LogP contribution < -0.4 is 4.90 Å². The van der Waals surface area contributed by atoms with Crippen LogP contribution in [0.15, 0.2) is 18.3 Å². The van der Waals surface area contributed by atoms with Gasteiger partial charge in [-0.25, -0.2) is 14.6 Å². The Morgan fingerprint density at radius 2 is 1.77 bits per heavy atom. The van der Waals surface area contributed by atoms with E-state index in [-0.39, 0.29) is 12.1 Å². The highest BCUT2D eigenvalue weighted by Crippen LogP contribution is 2.32. The molecule has 7 heteroatoms. The molecule has 0 N–H and O–H groups in total. The molecule has 0 saturated carbocycles. The van der Waals surface area contributed by atoms with Crippen molar-refractivity contribution in [2.75, 3.05) is 18.0 Å². The Balaban J connectivity index is 2.21. The van der Waals surface area contributed by atoms with E-state index in [1.807, 2.05) is 53.7 Å². The fourth-order valence-electron chi connectivity index (χ4n) is 3.50. The number of amides is 2. The maximum atomic E-state index is 12.7. The summed E-state index contributed by atoms with van der Waals surface area (Å²) in [7, 11) is 0. The number of rotatable bonds is 5. The van der Waals surface area contributed by atoms with E-state index < -0.39 is 17.3 Å². The van der Waals surface area contributed by atoms with Gasteiger partial charge in [0, 0.05) is 19.3 Å². The molecule has 1 unspecified atom stereocenters. The van der Waals surface area contributed by atoms with Gasteiger partial charge in [0.1, 0.15) is 17.0 Å². The van der Waals surface area contributed by atoms with E-state index in [1.54, 1.807) is 16.0 Å². The molecule has 1 fully saturated rings. The third kappa shape index (κ3) is 7.71. The highest BCUT2D eigenvalue weighted by Gasteiger charge is 2.32. The number of ether oxygens (including phenoxy) is 2. The molecule has 0 bridgehead atoms. The van der Waals surface area contributed by atoms with Crippen molar-refractivity contribution in [3.8, 4) is 0 Å². The lowest BCUT2D eigenvalue weighted by molar-refractivity contribution is 0.00947. The van der Waals surface area contributed by atoms with Gasteiger partial charge in [0.2, 0.25) is 0 Å². The summed E-state index contributed by atoms with van der Waals surface area (Å²) in [4.78, 5) is 33.4. The molecule has 0 aliphatic carbocycles. The zero-order valence-electron chi connectivity index (χ0n) is 20.2. The van der Waals surface area contributed by atoms with E-state index >= 15 is 0 Å². The predicted octanol–water partition coefficient (Wildman–Crippen LogP) is 6.09. The molecule has 2 rings (SSSR count). The second-order valence-electron chi connectivity index (χ2n) is 10.1. The van der Waals surface area contributed by atoms with Crippen LogP contribution in [0.5, 0.6) is 0 Å². The van der Waals surface area contributed by atoms with E-state index in [0.717, 1.165) is 37.7 Å². The van der Waals surface area contributed by atoms with Gasteiger partial charge in [0.05, 0.1) is 6.04 Å². The molecule has 2 heterocycles. The number of piperidine rings is 1. The number of pyridine rings is 1. The van der Waals surface area contributed by atoms with Crippen LogP contribution in [0.4, 0.5) is 15.4 Å². The molecule has 31 heavy (non-hydrogen) atoms. The summed E-state index contributed by atoms with van der Waals surface area (Å²) in [6.45, 7) is 14.5. The maximum Gasteiger partial charge on any atom is 0.416 e. The summed E-state index contributed by atoms with van der Waals surface area (Å²) in [6.07, 6.45) is 5.78. The first-order chi connectivity index (χ1) is 14.4. The molecule has 1 aromatic rings. The average Bonchev–Trinajstić information content (AvgIpc) is 2.66. The molecular formula is C24H39N3O4. The monoisotopic (exact) mass is 433 g/mol. The molecule has 0 radical (unpaired) electrons. The largest absolute Gasteiger partial charge is 0.444 e. The van der Waals surface area contributed by atoms with Crippen molar-refractivity contribution in [1.82, 2.24) is 9.88 Å². The van der Waals surface area contributed by atoms with Gasteiger partial charge in [-0.3, -0.25) is 4.90 Å². The quantitative estimate of drug-likeness (QED) is 0.562. The lowest BCUT2D eigenvalue weighted by Gasteiger charge is -2.37. The van der Waals surface area contributed by atoms with Crippen LogP contribution in [0.1, 0.15) is 92.2 Å². The molecule has 1 aliphatic heterocycles. The lowest BCUT2D eigenvalue weighted by atomic mass is 9.97. The minimum atomic E-state index is -0.572. The summed E-state index contributed by atoms with van der Waals surface area (Å²) in [5.41, 5.74) is -0.153. The van der Waals surface area contributed by atoms with E-state index in [1.165, 1.54) is 0 Å². The Labute approximate surface area is 187 Å². The lowest BCUT2D eigenvalue weighted by Crippen LogP contribution is -2.42. The Bertz CT molecular complexity index is 735. The van der Waals surface area contributed by atoms with Gasteiger partial charge in [-0.2, -0.15) is 0 Å². The number of nitrogens with zero attached hydrogens (tertiary/aromatic N) is 3. The molecule has 1 aliphatic rings. The van der Waals surface area contributed by atoms with Crippen LogP contribution in [0.2, 0.25) is 0 Å². The number of hydrogen-bond acceptors (Lipinski definition) is 5. The van der Waals surface area contributed by atoms with Crippen LogP contribution in [0.3, 0.4) is 0 Å². The van der Waals surface area contributed by atoms with Crippen molar-refractivity contribution in [2.24, 2.45) is 0 Å². The standard InChI is InChI=1S/C24H39N3O4/c1-8-9-15-27(22(29)31-24(5,6)7)20-14-13-18(17-25-20)19-12-10-11-16-26(19)21(28)30-23(2,3)4/h13-14,17,19H,8-12,15-16H2,1-7H3. The highest BCUT2D eigenvalue weighted by atomic mass is 16.6. The Kier molecular flexibility index (Phi) is 8.32. The SMILES string of the molecule is CCCCN(C(=O)OC(C)(C)C)c1ccc(C2CCCCN2C(=O)OC(C)(C)C)cn1. The van der Waals surface area contributed by atoms with Crippen LogP contribution in [-0.4, -0.2) is 46.4 Å². The summed E-state index contributed by atoms with van der Waals surface area (Å²) in [5.74, 6) is 0.561. The van der Waals surface area contributed by atoms with Gasteiger partial charge in [-0.1, -0.05) is 19.4 Å². The second-order valence-corrected chi connectivity index (χ2v) is 10.1. The predicted molar refractivity (Wildman–Crippen MR) is 122 cm³/mol. The van der Waals surface area contributed by atoms with Crippen molar-refractivity contribution < 1.29 is 19.1 Å². The van der Waals surface area contributed by atoms with Gasteiger partial charge < -0.3 is 14.4 Å². The van der Waals surface area contributed by atoms with Gasteiger partial charge >= 0.3 is 12.2 Å². The zero-order chi connectivity index (χ0) is 23.2. The van der Waals surface area contributed by atoms with E-state index in [2.05, 4.69) is 11.9 Å². The first-order valence-corrected chi connectivity index (χ1v) is 11.4. The maximum absolute atomic E-state index is 12.7. The normalized spacial score (nSPS) is 17.3. The third-order valence-corrected chi connectivity index (χ3v) is 4.91. The van der Waals surface area contributed by atoms with Gasteiger partial charge in [0.25, 0.3) is 0 Å². The molecule has 1 aromatic heterocycles. The number of aromatic nitrogens is 1. The summed E-state index contributed by atoms with van der Waals surface area (Å²) in [5, 5.41) is 0. The zero-order valence-corrected chi connectivity index (χ0v) is 20.2. The number of likely N-dealkylation sites (tertiary alicyclic amines) is 1. The first-order valence-electron chi connectivity index (χ1n) is 11.4. The number of hydrogen-bond donors (Lipinski definition) is 0. The smallest absolute Gasteiger partial charge is 0.416 e. The number of anilines is 1. The van der Waals surface area contributed by atoms with Gasteiger partial charge in [0.15, 0.2) is 0 Å². The molecule has 2 amide bonds. The van der Waals surface area contributed by atoms with Gasteiger partial charge in [-0.15, -0.1) is 0 Å². The average molecular weight is 434 g/mol. The van der Waals surface area contributed by atoms with Crippen molar-refractivity contribution in [3.63, 3.8) is 0 Å². The fraction of sp³-hybridized carbons (Fsp3) is 0.708. The summed E-state index contributed by atoms with van der Waals surface area (Å²) >= 11 is 0. The van der Waals surface area contributed by atoms with Crippen LogP contribution in [0, 0.1) is 0 Å². The highest BCUT2D eigenvalue weighted by molar-refractivity contribution is 5.86. The van der Waals surface area contributed by atoms with E-state index in [0.29, 0.717) is 18.9 Å². The molecule has 7 nitrogen and oxygen atoms in total. The minimum absolute atomic E-state index is 0.0734. The fourth-order valence-corrected chi connectivity index (χ4v) is 3.50. The third-order valence-electron chi connectivity index (χ3n) is 4.91. The molecular weight excluding hydrogens is 394 g/mol. The first kappa shape index (κ1) is 25.0. The number of unbranched alkanes of at least 4 members (excludes halogenated alkanes) is 1. The Morgan fingerprint density at radius 3 is 2.32 bits per heavy atom. The molecule has 0 aromatic carbocycles. The molecule has 1 atom stereocenters.